The highest BCUT2D eigenvalue weighted by Gasteiger charge is 2.14. The highest BCUT2D eigenvalue weighted by Crippen LogP contribution is 2.23. The normalized spacial score (nSPS) is 10.1. The van der Waals surface area contributed by atoms with Crippen molar-refractivity contribution in [2.24, 2.45) is 0 Å². The predicted molar refractivity (Wildman–Crippen MR) is 52.5 cm³/mol. The van der Waals surface area contributed by atoms with E-state index in [0.717, 1.165) is 5.56 Å². The van der Waals surface area contributed by atoms with E-state index in [1.807, 2.05) is 6.92 Å². The molecule has 0 spiro atoms. The van der Waals surface area contributed by atoms with Gasteiger partial charge in [0.2, 0.25) is 0 Å². The summed E-state index contributed by atoms with van der Waals surface area (Å²) in [4.78, 5) is 10.9. The summed E-state index contributed by atoms with van der Waals surface area (Å²) in [5.41, 5.74) is 1.82. The van der Waals surface area contributed by atoms with Crippen LogP contribution < -0.4 is 0 Å². The number of carboxylic acid groups (broad SMARTS) is 1. The van der Waals surface area contributed by atoms with Gasteiger partial charge in [-0.1, -0.05) is 24.6 Å². The predicted octanol–water partition coefficient (Wildman–Crippen LogP) is 2.91. The lowest BCUT2D eigenvalue weighted by Gasteiger charge is -2.08. The van der Waals surface area contributed by atoms with Crippen LogP contribution in [0.1, 0.15) is 28.4 Å². The molecule has 0 fully saturated rings. The largest absolute Gasteiger partial charge is 0.478 e. The first-order chi connectivity index (χ1) is 6.07. The minimum atomic E-state index is -0.906. The number of rotatable bonds is 2. The van der Waals surface area contributed by atoms with Crippen LogP contribution in [0.15, 0.2) is 12.1 Å². The summed E-state index contributed by atoms with van der Waals surface area (Å²) in [7, 11) is 0. The van der Waals surface area contributed by atoms with Crippen LogP contribution in [0.4, 0.5) is 0 Å². The molecule has 0 aliphatic carbocycles. The number of hydrogen-bond acceptors (Lipinski definition) is 1. The maximum Gasteiger partial charge on any atom is 0.336 e. The van der Waals surface area contributed by atoms with Crippen LogP contribution in [-0.2, 0) is 6.42 Å². The molecule has 0 saturated carbocycles. The van der Waals surface area contributed by atoms with Gasteiger partial charge in [0, 0.05) is 5.02 Å². The number of carboxylic acids is 1. The fourth-order valence-corrected chi connectivity index (χ4v) is 1.67. The molecule has 1 N–H and O–H groups in total. The molecular formula is C10H11ClO2. The Labute approximate surface area is 82.2 Å². The number of halogens is 1. The van der Waals surface area contributed by atoms with E-state index in [0.29, 0.717) is 22.6 Å². The van der Waals surface area contributed by atoms with Crippen molar-refractivity contribution in [3.05, 3.63) is 33.8 Å². The molecule has 0 aromatic heterocycles. The topological polar surface area (TPSA) is 37.3 Å². The first-order valence-corrected chi connectivity index (χ1v) is 4.47. The number of hydrogen-bond donors (Lipinski definition) is 1. The smallest absolute Gasteiger partial charge is 0.336 e. The second kappa shape index (κ2) is 3.79. The number of aryl methyl sites for hydroxylation is 1. The Hall–Kier alpha value is -1.02. The molecule has 0 radical (unpaired) electrons. The minimum absolute atomic E-state index is 0.343. The van der Waals surface area contributed by atoms with Crippen molar-refractivity contribution >= 4 is 17.6 Å². The molecule has 70 valence electrons. The molecule has 13 heavy (non-hydrogen) atoms. The van der Waals surface area contributed by atoms with Crippen LogP contribution >= 0.6 is 11.6 Å². The van der Waals surface area contributed by atoms with E-state index in [9.17, 15) is 4.79 Å². The zero-order chi connectivity index (χ0) is 10.0. The molecule has 0 heterocycles. The van der Waals surface area contributed by atoms with E-state index in [1.165, 1.54) is 0 Å². The van der Waals surface area contributed by atoms with Crippen LogP contribution in [0.5, 0.6) is 0 Å². The Morgan fingerprint density at radius 1 is 1.54 bits per heavy atom. The molecule has 3 heteroatoms. The Bertz CT molecular complexity index is 345. The van der Waals surface area contributed by atoms with E-state index in [-0.39, 0.29) is 0 Å². The third-order valence-electron chi connectivity index (χ3n) is 2.03. The fourth-order valence-electron chi connectivity index (χ4n) is 1.38. The first kappa shape index (κ1) is 10.1. The van der Waals surface area contributed by atoms with Crippen LogP contribution in [-0.4, -0.2) is 11.1 Å². The zero-order valence-electron chi connectivity index (χ0n) is 7.60. The lowest BCUT2D eigenvalue weighted by molar-refractivity contribution is 0.0695. The van der Waals surface area contributed by atoms with Gasteiger partial charge in [0.05, 0.1) is 5.56 Å². The summed E-state index contributed by atoms with van der Waals surface area (Å²) in [6, 6.07) is 3.47. The van der Waals surface area contributed by atoms with E-state index in [4.69, 9.17) is 16.7 Å². The van der Waals surface area contributed by atoms with E-state index in [1.54, 1.807) is 19.1 Å². The van der Waals surface area contributed by atoms with E-state index >= 15 is 0 Å². The van der Waals surface area contributed by atoms with Gasteiger partial charge in [-0.3, -0.25) is 0 Å². The summed E-state index contributed by atoms with van der Waals surface area (Å²) in [6.07, 6.45) is 0.641. The summed E-state index contributed by atoms with van der Waals surface area (Å²) in [6.45, 7) is 3.67. The van der Waals surface area contributed by atoms with Crippen molar-refractivity contribution < 1.29 is 9.90 Å². The quantitative estimate of drug-likeness (QED) is 0.794. The van der Waals surface area contributed by atoms with Gasteiger partial charge in [0.15, 0.2) is 0 Å². The molecule has 0 aliphatic rings. The first-order valence-electron chi connectivity index (χ1n) is 4.09. The Balaban J connectivity index is 3.43. The highest BCUT2D eigenvalue weighted by atomic mass is 35.5. The third-order valence-corrected chi connectivity index (χ3v) is 2.39. The van der Waals surface area contributed by atoms with Gasteiger partial charge < -0.3 is 5.11 Å². The van der Waals surface area contributed by atoms with Crippen LogP contribution in [0.2, 0.25) is 5.02 Å². The Morgan fingerprint density at radius 2 is 2.15 bits per heavy atom. The summed E-state index contributed by atoms with van der Waals surface area (Å²) >= 11 is 5.88. The molecule has 1 rings (SSSR count). The van der Waals surface area contributed by atoms with Gasteiger partial charge in [0.25, 0.3) is 0 Å². The molecule has 1 aromatic carbocycles. The van der Waals surface area contributed by atoms with Crippen molar-refractivity contribution in [3.8, 4) is 0 Å². The second-order valence-electron chi connectivity index (χ2n) is 2.88. The van der Waals surface area contributed by atoms with Crippen molar-refractivity contribution in [1.82, 2.24) is 0 Å². The van der Waals surface area contributed by atoms with Gasteiger partial charge in [-0.15, -0.1) is 0 Å². The van der Waals surface area contributed by atoms with Crippen molar-refractivity contribution in [2.45, 2.75) is 20.3 Å². The van der Waals surface area contributed by atoms with Crippen molar-refractivity contribution in [1.29, 1.82) is 0 Å². The number of aromatic carboxylic acids is 1. The summed E-state index contributed by atoms with van der Waals surface area (Å²) in [5.74, 6) is -0.906. The maximum absolute atomic E-state index is 10.9. The molecule has 0 aliphatic heterocycles. The van der Waals surface area contributed by atoms with E-state index < -0.39 is 5.97 Å². The molecule has 0 amide bonds. The molecule has 0 bridgehead atoms. The molecule has 1 aromatic rings. The lowest BCUT2D eigenvalue weighted by Crippen LogP contribution is -2.05. The zero-order valence-corrected chi connectivity index (χ0v) is 8.35. The Kier molecular flexibility index (Phi) is 2.94. The fraction of sp³-hybridized carbons (Fsp3) is 0.300. The molecule has 2 nitrogen and oxygen atoms in total. The molecule has 0 unspecified atom stereocenters. The third kappa shape index (κ3) is 1.83. The van der Waals surface area contributed by atoms with Crippen LogP contribution in [0.25, 0.3) is 0 Å². The average Bonchev–Trinajstić information content (AvgIpc) is 2.07. The standard InChI is InChI=1S/C10H11ClO2/c1-3-7-8(11)5-4-6(2)9(7)10(12)13/h4-5H,3H2,1-2H3,(H,12,13). The SMILES string of the molecule is CCc1c(Cl)ccc(C)c1C(=O)O. The van der Waals surface area contributed by atoms with E-state index in [2.05, 4.69) is 0 Å². The summed E-state index contributed by atoms with van der Waals surface area (Å²) < 4.78 is 0. The lowest BCUT2D eigenvalue weighted by atomic mass is 10.0. The van der Waals surface area contributed by atoms with Crippen molar-refractivity contribution in [2.75, 3.05) is 0 Å². The van der Waals surface area contributed by atoms with Gasteiger partial charge in [-0.05, 0) is 30.5 Å². The maximum atomic E-state index is 10.9. The van der Waals surface area contributed by atoms with Crippen LogP contribution in [0.3, 0.4) is 0 Å². The van der Waals surface area contributed by atoms with Crippen molar-refractivity contribution in [3.63, 3.8) is 0 Å². The molecular weight excluding hydrogens is 188 g/mol. The van der Waals surface area contributed by atoms with Gasteiger partial charge >= 0.3 is 5.97 Å². The number of carbonyl (C=O) groups is 1. The Morgan fingerprint density at radius 3 is 2.54 bits per heavy atom. The monoisotopic (exact) mass is 198 g/mol. The minimum Gasteiger partial charge on any atom is -0.478 e. The van der Waals surface area contributed by atoms with Gasteiger partial charge in [0.1, 0.15) is 0 Å². The number of benzene rings is 1. The van der Waals surface area contributed by atoms with Crippen LogP contribution in [0, 0.1) is 6.92 Å². The highest BCUT2D eigenvalue weighted by molar-refractivity contribution is 6.31. The van der Waals surface area contributed by atoms with Gasteiger partial charge in [-0.25, -0.2) is 4.79 Å². The molecule has 0 atom stereocenters. The molecule has 0 saturated heterocycles. The van der Waals surface area contributed by atoms with Gasteiger partial charge in [-0.2, -0.15) is 0 Å². The second-order valence-corrected chi connectivity index (χ2v) is 3.28. The summed E-state index contributed by atoms with van der Waals surface area (Å²) in [5, 5.41) is 9.48. The average molecular weight is 199 g/mol.